The van der Waals surface area contributed by atoms with E-state index in [2.05, 4.69) is 4.98 Å². The van der Waals surface area contributed by atoms with Crippen molar-refractivity contribution in [2.24, 2.45) is 5.14 Å². The Bertz CT molecular complexity index is 573. The lowest BCUT2D eigenvalue weighted by atomic mass is 10.2. The second-order valence-corrected chi connectivity index (χ2v) is 4.60. The van der Waals surface area contributed by atoms with E-state index in [0.717, 1.165) is 0 Å². The number of hydrogen-bond donors (Lipinski definition) is 1. The molecule has 0 spiro atoms. The van der Waals surface area contributed by atoms with Gasteiger partial charge in [0.2, 0.25) is 0 Å². The Morgan fingerprint density at radius 3 is 2.41 bits per heavy atom. The van der Waals surface area contributed by atoms with E-state index in [1.807, 2.05) is 0 Å². The van der Waals surface area contributed by atoms with Crippen molar-refractivity contribution in [2.75, 3.05) is 0 Å². The van der Waals surface area contributed by atoms with Crippen LogP contribution < -0.4 is 5.14 Å². The van der Waals surface area contributed by atoms with Gasteiger partial charge in [-0.2, -0.15) is 0 Å². The van der Waals surface area contributed by atoms with E-state index in [1.165, 1.54) is 6.92 Å². The summed E-state index contributed by atoms with van der Waals surface area (Å²) in [5.74, 6) is -1.21. The number of halogens is 2. The Morgan fingerprint density at radius 2 is 2.06 bits per heavy atom. The predicted octanol–water partition coefficient (Wildman–Crippen LogP) is 0.883. The summed E-state index contributed by atoms with van der Waals surface area (Å²) in [5, 5.41) is 14.5. The molecule has 1 aromatic rings. The summed E-state index contributed by atoms with van der Waals surface area (Å²) in [7, 11) is -4.29. The van der Waals surface area contributed by atoms with Gasteiger partial charge in [-0.3, -0.25) is 0 Å². The number of hydrogen-bond acceptors (Lipinski definition) is 5. The Kier molecular flexibility index (Phi) is 3.38. The molecule has 0 saturated heterocycles. The molecule has 17 heavy (non-hydrogen) atoms. The Balaban J connectivity index is 3.63. The van der Waals surface area contributed by atoms with E-state index in [4.69, 9.17) is 5.14 Å². The molecule has 0 radical (unpaired) electrons. The van der Waals surface area contributed by atoms with Crippen LogP contribution in [-0.2, 0) is 10.0 Å². The van der Waals surface area contributed by atoms with Crippen LogP contribution in [0.15, 0.2) is 11.1 Å². The van der Waals surface area contributed by atoms with Gasteiger partial charge < -0.3 is 10.1 Å². The fourth-order valence-corrected chi connectivity index (χ4v) is 1.92. The first kappa shape index (κ1) is 13.4. The second-order valence-electron chi connectivity index (χ2n) is 3.13. The standard InChI is InChI=1S/C7H7F2N3O4S/c1-3-2-4(5(8)9)6(12(13)14)11-7(3)17(10,15)16/h2,5H,1H3,(H2,10,15,16). The number of aryl methyl sites for hydroxylation is 1. The van der Waals surface area contributed by atoms with Crippen molar-refractivity contribution in [1.82, 2.24) is 4.98 Å². The highest BCUT2D eigenvalue weighted by atomic mass is 32.2. The number of nitrogens with zero attached hydrogens (tertiary/aromatic N) is 2. The molecule has 1 aromatic heterocycles. The van der Waals surface area contributed by atoms with Crippen LogP contribution in [0.5, 0.6) is 0 Å². The Labute approximate surface area is 94.5 Å². The second kappa shape index (κ2) is 4.30. The maximum atomic E-state index is 12.5. The number of nitrogens with two attached hydrogens (primary N) is 1. The molecule has 10 heteroatoms. The molecular weight excluding hydrogens is 260 g/mol. The number of alkyl halides is 2. The van der Waals surface area contributed by atoms with Gasteiger partial charge in [-0.25, -0.2) is 22.3 Å². The minimum Gasteiger partial charge on any atom is -0.358 e. The number of rotatable bonds is 3. The van der Waals surface area contributed by atoms with Gasteiger partial charge in [0, 0.05) is 5.56 Å². The van der Waals surface area contributed by atoms with E-state index < -0.39 is 37.8 Å². The van der Waals surface area contributed by atoms with Gasteiger partial charge in [-0.1, -0.05) is 0 Å². The topological polar surface area (TPSA) is 116 Å². The number of sulfonamides is 1. The molecule has 94 valence electrons. The summed E-state index contributed by atoms with van der Waals surface area (Å²) >= 11 is 0. The molecular formula is C7H7F2N3O4S. The molecule has 0 bridgehead atoms. The highest BCUT2D eigenvalue weighted by Crippen LogP contribution is 2.29. The lowest BCUT2D eigenvalue weighted by Gasteiger charge is -2.04. The number of nitro groups is 1. The van der Waals surface area contributed by atoms with Gasteiger partial charge in [-0.05, 0) is 22.9 Å². The SMILES string of the molecule is Cc1cc(C(F)F)c([N+](=O)[O-])nc1S(N)(=O)=O. The summed E-state index contributed by atoms with van der Waals surface area (Å²) in [5.41, 5.74) is -1.12. The smallest absolute Gasteiger partial charge is 0.358 e. The fraction of sp³-hybridized carbons (Fsp3) is 0.286. The van der Waals surface area contributed by atoms with Gasteiger partial charge in [-0.15, -0.1) is 0 Å². The monoisotopic (exact) mass is 267 g/mol. The van der Waals surface area contributed by atoms with Crippen LogP contribution in [0.4, 0.5) is 14.6 Å². The average Bonchev–Trinajstić information content (AvgIpc) is 2.14. The highest BCUT2D eigenvalue weighted by Gasteiger charge is 2.30. The third-order valence-corrected chi connectivity index (χ3v) is 2.80. The van der Waals surface area contributed by atoms with Crippen LogP contribution in [0.2, 0.25) is 0 Å². The van der Waals surface area contributed by atoms with Crippen molar-refractivity contribution in [3.05, 3.63) is 27.3 Å². The Morgan fingerprint density at radius 1 is 1.53 bits per heavy atom. The minimum atomic E-state index is -4.29. The molecule has 0 aromatic carbocycles. The molecule has 0 aliphatic rings. The van der Waals surface area contributed by atoms with E-state index in [0.29, 0.717) is 6.07 Å². The van der Waals surface area contributed by atoms with Gasteiger partial charge in [0.25, 0.3) is 21.5 Å². The van der Waals surface area contributed by atoms with Crippen molar-refractivity contribution >= 4 is 15.8 Å². The molecule has 1 rings (SSSR count). The van der Waals surface area contributed by atoms with E-state index in [9.17, 15) is 27.3 Å². The van der Waals surface area contributed by atoms with Crippen molar-refractivity contribution < 1.29 is 22.1 Å². The summed E-state index contributed by atoms with van der Waals surface area (Å²) in [6, 6.07) is 0.690. The summed E-state index contributed by atoms with van der Waals surface area (Å²) < 4.78 is 47.0. The van der Waals surface area contributed by atoms with Crippen LogP contribution in [0.25, 0.3) is 0 Å². The van der Waals surface area contributed by atoms with Gasteiger partial charge in [0.05, 0.1) is 0 Å². The molecule has 0 fully saturated rings. The maximum Gasteiger partial charge on any atom is 0.373 e. The minimum absolute atomic E-state index is 0.173. The largest absolute Gasteiger partial charge is 0.373 e. The van der Waals surface area contributed by atoms with Crippen LogP contribution in [0.1, 0.15) is 17.6 Å². The van der Waals surface area contributed by atoms with Crippen LogP contribution in [0, 0.1) is 17.0 Å². The highest BCUT2D eigenvalue weighted by molar-refractivity contribution is 7.89. The number of primary sulfonamides is 1. The molecule has 0 saturated carbocycles. The summed E-state index contributed by atoms with van der Waals surface area (Å²) in [6.45, 7) is 1.17. The molecule has 7 nitrogen and oxygen atoms in total. The zero-order valence-corrected chi connectivity index (χ0v) is 9.24. The van der Waals surface area contributed by atoms with Gasteiger partial charge in [0.15, 0.2) is 0 Å². The van der Waals surface area contributed by atoms with Crippen LogP contribution >= 0.6 is 0 Å². The van der Waals surface area contributed by atoms with Crippen molar-refractivity contribution in [2.45, 2.75) is 18.4 Å². The van der Waals surface area contributed by atoms with Crippen molar-refractivity contribution in [3.63, 3.8) is 0 Å². The van der Waals surface area contributed by atoms with E-state index in [1.54, 1.807) is 0 Å². The first-order chi connectivity index (χ1) is 7.64. The van der Waals surface area contributed by atoms with Crippen molar-refractivity contribution in [1.29, 1.82) is 0 Å². The Hall–Kier alpha value is -1.68. The molecule has 0 aliphatic carbocycles. The number of pyridine rings is 1. The predicted molar refractivity (Wildman–Crippen MR) is 52.0 cm³/mol. The normalized spacial score (nSPS) is 11.8. The lowest BCUT2D eigenvalue weighted by molar-refractivity contribution is -0.391. The molecule has 0 unspecified atom stereocenters. The summed E-state index contributed by atoms with van der Waals surface area (Å²) in [6.07, 6.45) is -3.13. The quantitative estimate of drug-likeness (QED) is 0.644. The van der Waals surface area contributed by atoms with Crippen LogP contribution in [-0.4, -0.2) is 18.3 Å². The lowest BCUT2D eigenvalue weighted by Crippen LogP contribution is -2.17. The zero-order chi connectivity index (χ0) is 13.4. The fourth-order valence-electron chi connectivity index (χ4n) is 1.20. The summed E-state index contributed by atoms with van der Waals surface area (Å²) in [4.78, 5) is 12.4. The maximum absolute atomic E-state index is 12.5. The van der Waals surface area contributed by atoms with E-state index in [-0.39, 0.29) is 5.56 Å². The van der Waals surface area contributed by atoms with Crippen LogP contribution in [0.3, 0.4) is 0 Å². The molecule has 1 heterocycles. The van der Waals surface area contributed by atoms with E-state index >= 15 is 0 Å². The number of aromatic nitrogens is 1. The third-order valence-electron chi connectivity index (χ3n) is 1.85. The first-order valence-corrected chi connectivity index (χ1v) is 5.66. The molecule has 0 aliphatic heterocycles. The first-order valence-electron chi connectivity index (χ1n) is 4.11. The third kappa shape index (κ3) is 2.71. The van der Waals surface area contributed by atoms with Crippen molar-refractivity contribution in [3.8, 4) is 0 Å². The zero-order valence-electron chi connectivity index (χ0n) is 8.42. The average molecular weight is 267 g/mol. The molecule has 0 amide bonds. The molecule has 2 N–H and O–H groups in total. The molecule has 0 atom stereocenters. The van der Waals surface area contributed by atoms with Gasteiger partial charge >= 0.3 is 5.82 Å². The van der Waals surface area contributed by atoms with Gasteiger partial charge in [0.1, 0.15) is 5.56 Å².